The Balaban J connectivity index is 0.00000341. The van der Waals surface area contributed by atoms with Crippen LogP contribution in [0.5, 0.6) is 0 Å². The summed E-state index contributed by atoms with van der Waals surface area (Å²) in [6.07, 6.45) is 0. The van der Waals surface area contributed by atoms with E-state index in [4.69, 9.17) is 16.3 Å². The number of carbonyl (C=O) groups is 2. The molecule has 6 nitrogen and oxygen atoms in total. The third kappa shape index (κ3) is 7.82. The van der Waals surface area contributed by atoms with Gasteiger partial charge in [0.1, 0.15) is 0 Å². The lowest BCUT2D eigenvalue weighted by Gasteiger charge is -2.34. The summed E-state index contributed by atoms with van der Waals surface area (Å²) in [6, 6.07) is 17.2. The van der Waals surface area contributed by atoms with Crippen LogP contribution in [0.3, 0.4) is 0 Å². The first-order valence-electron chi connectivity index (χ1n) is 10.2. The molecular formula is C23H29Cl2N3O3. The molecule has 0 spiro atoms. The third-order valence-corrected chi connectivity index (χ3v) is 5.38. The fraction of sp³-hybridized carbons (Fsp3) is 0.391. The molecule has 8 heteroatoms. The summed E-state index contributed by atoms with van der Waals surface area (Å²) in [7, 11) is 0. The van der Waals surface area contributed by atoms with Crippen LogP contribution in [0, 0.1) is 0 Å². The van der Waals surface area contributed by atoms with Gasteiger partial charge in [0.05, 0.1) is 25.7 Å². The Labute approximate surface area is 194 Å². The number of nitrogens with one attached hydrogen (secondary N) is 1. The largest absolute Gasteiger partial charge is 0.465 e. The second-order valence-corrected chi connectivity index (χ2v) is 7.76. The number of carbonyl (C=O) groups excluding carboxylic acids is 2. The summed E-state index contributed by atoms with van der Waals surface area (Å²) in [5.41, 5.74) is 2.01. The zero-order valence-electron chi connectivity index (χ0n) is 17.6. The highest BCUT2D eigenvalue weighted by Gasteiger charge is 2.23. The maximum Gasteiger partial charge on any atom is 0.320 e. The van der Waals surface area contributed by atoms with E-state index in [1.165, 1.54) is 0 Å². The van der Waals surface area contributed by atoms with Gasteiger partial charge in [0.15, 0.2) is 0 Å². The predicted molar refractivity (Wildman–Crippen MR) is 125 cm³/mol. The lowest BCUT2D eigenvalue weighted by atomic mass is 9.98. The van der Waals surface area contributed by atoms with Crippen molar-refractivity contribution >= 4 is 35.9 Å². The van der Waals surface area contributed by atoms with Crippen LogP contribution in [0.1, 0.15) is 24.1 Å². The van der Waals surface area contributed by atoms with E-state index < -0.39 is 0 Å². The normalized spacial score (nSPS) is 15.5. The molecule has 2 aromatic carbocycles. The first-order chi connectivity index (χ1) is 14.5. The Morgan fingerprint density at radius 2 is 1.48 bits per heavy atom. The standard InChI is InChI=1S/C23H28ClN3O3.ClH/c1-2-30-22(29)17-27-14-12-26(13-15-27)16-21(28)25-23(18-6-4-3-5-7-18)19-8-10-20(24)11-9-19;/h3-11,23H,2,12-17H2,1H3,(H,25,28);1H. The molecule has 0 aliphatic carbocycles. The Morgan fingerprint density at radius 1 is 0.935 bits per heavy atom. The van der Waals surface area contributed by atoms with Crippen LogP contribution in [0.2, 0.25) is 5.02 Å². The number of nitrogens with zero attached hydrogens (tertiary/aromatic N) is 2. The van der Waals surface area contributed by atoms with Gasteiger partial charge in [-0.25, -0.2) is 0 Å². The molecule has 0 aromatic heterocycles. The molecule has 1 atom stereocenters. The zero-order chi connectivity index (χ0) is 21.3. The van der Waals surface area contributed by atoms with E-state index in [0.29, 0.717) is 24.7 Å². The monoisotopic (exact) mass is 465 g/mol. The fourth-order valence-electron chi connectivity index (χ4n) is 3.56. The molecule has 31 heavy (non-hydrogen) atoms. The van der Waals surface area contributed by atoms with E-state index >= 15 is 0 Å². The number of piperazine rings is 1. The first kappa shape index (κ1) is 25.1. The number of ether oxygens (including phenoxy) is 1. The van der Waals surface area contributed by atoms with Crippen molar-refractivity contribution in [2.45, 2.75) is 13.0 Å². The molecule has 1 N–H and O–H groups in total. The van der Waals surface area contributed by atoms with Crippen molar-refractivity contribution in [1.29, 1.82) is 0 Å². The van der Waals surface area contributed by atoms with Crippen molar-refractivity contribution in [3.8, 4) is 0 Å². The molecule has 2 aromatic rings. The van der Waals surface area contributed by atoms with E-state index in [-0.39, 0.29) is 30.3 Å². The zero-order valence-corrected chi connectivity index (χ0v) is 19.2. The average molecular weight is 466 g/mol. The fourth-order valence-corrected chi connectivity index (χ4v) is 3.69. The summed E-state index contributed by atoms with van der Waals surface area (Å²) in [6.45, 7) is 5.80. The lowest BCUT2D eigenvalue weighted by molar-refractivity contribution is -0.145. The highest BCUT2D eigenvalue weighted by Crippen LogP contribution is 2.23. The minimum atomic E-state index is -0.235. The van der Waals surface area contributed by atoms with Crippen molar-refractivity contribution in [2.75, 3.05) is 45.9 Å². The van der Waals surface area contributed by atoms with E-state index in [1.807, 2.05) is 54.6 Å². The Kier molecular flexibility index (Phi) is 10.3. The minimum Gasteiger partial charge on any atom is -0.465 e. The summed E-state index contributed by atoms with van der Waals surface area (Å²) in [5, 5.41) is 3.83. The third-order valence-electron chi connectivity index (χ3n) is 5.13. The van der Waals surface area contributed by atoms with Gasteiger partial charge in [-0.2, -0.15) is 0 Å². The molecule has 0 radical (unpaired) electrons. The SMILES string of the molecule is CCOC(=O)CN1CCN(CC(=O)NC(c2ccccc2)c2ccc(Cl)cc2)CC1.Cl. The quantitative estimate of drug-likeness (QED) is 0.606. The van der Waals surface area contributed by atoms with Gasteiger partial charge in [0.25, 0.3) is 0 Å². The molecule has 1 aliphatic heterocycles. The molecule has 1 aliphatic rings. The summed E-state index contributed by atoms with van der Waals surface area (Å²) in [4.78, 5) is 28.6. The highest BCUT2D eigenvalue weighted by atomic mass is 35.5. The number of hydrogen-bond donors (Lipinski definition) is 1. The Bertz CT molecular complexity index is 826. The van der Waals surface area contributed by atoms with Gasteiger partial charge in [-0.3, -0.25) is 19.4 Å². The molecule has 1 amide bonds. The number of amides is 1. The van der Waals surface area contributed by atoms with E-state index in [2.05, 4.69) is 15.1 Å². The van der Waals surface area contributed by atoms with Crippen molar-refractivity contribution in [1.82, 2.24) is 15.1 Å². The first-order valence-corrected chi connectivity index (χ1v) is 10.6. The van der Waals surface area contributed by atoms with Crippen molar-refractivity contribution < 1.29 is 14.3 Å². The second kappa shape index (κ2) is 12.7. The lowest BCUT2D eigenvalue weighted by Crippen LogP contribution is -2.50. The number of hydrogen-bond acceptors (Lipinski definition) is 5. The Morgan fingerprint density at radius 3 is 2.06 bits per heavy atom. The predicted octanol–water partition coefficient (Wildman–Crippen LogP) is 3.15. The molecule has 3 rings (SSSR count). The van der Waals surface area contributed by atoms with E-state index in [1.54, 1.807) is 6.92 Å². The maximum atomic E-state index is 12.8. The van der Waals surface area contributed by atoms with Gasteiger partial charge in [-0.15, -0.1) is 12.4 Å². The average Bonchev–Trinajstić information content (AvgIpc) is 2.75. The molecule has 1 saturated heterocycles. The van der Waals surface area contributed by atoms with Crippen molar-refractivity contribution in [3.63, 3.8) is 0 Å². The highest BCUT2D eigenvalue weighted by molar-refractivity contribution is 6.30. The van der Waals surface area contributed by atoms with Gasteiger partial charge >= 0.3 is 5.97 Å². The van der Waals surface area contributed by atoms with Crippen LogP contribution in [-0.4, -0.2) is 67.6 Å². The smallest absolute Gasteiger partial charge is 0.320 e. The van der Waals surface area contributed by atoms with Gasteiger partial charge in [-0.1, -0.05) is 54.1 Å². The number of rotatable bonds is 8. The van der Waals surface area contributed by atoms with E-state index in [9.17, 15) is 9.59 Å². The van der Waals surface area contributed by atoms with Gasteiger partial charge in [0, 0.05) is 31.2 Å². The molecule has 0 saturated carbocycles. The maximum absolute atomic E-state index is 12.8. The van der Waals surface area contributed by atoms with Crippen LogP contribution in [0.15, 0.2) is 54.6 Å². The van der Waals surface area contributed by atoms with Crippen molar-refractivity contribution in [3.05, 3.63) is 70.7 Å². The summed E-state index contributed by atoms with van der Waals surface area (Å²) in [5.74, 6) is -0.227. The molecule has 1 unspecified atom stereocenters. The van der Waals surface area contributed by atoms with Crippen LogP contribution in [-0.2, 0) is 14.3 Å². The molecule has 168 valence electrons. The van der Waals surface area contributed by atoms with Crippen LogP contribution in [0.4, 0.5) is 0 Å². The van der Waals surface area contributed by atoms with Crippen LogP contribution < -0.4 is 5.32 Å². The molecule has 0 bridgehead atoms. The molecule has 1 fully saturated rings. The summed E-state index contributed by atoms with van der Waals surface area (Å²) >= 11 is 6.03. The van der Waals surface area contributed by atoms with Gasteiger partial charge in [-0.05, 0) is 30.2 Å². The van der Waals surface area contributed by atoms with Gasteiger partial charge in [0.2, 0.25) is 5.91 Å². The van der Waals surface area contributed by atoms with Gasteiger partial charge < -0.3 is 10.1 Å². The number of halogens is 2. The molecule has 1 heterocycles. The van der Waals surface area contributed by atoms with Crippen molar-refractivity contribution in [2.24, 2.45) is 0 Å². The Hall–Kier alpha value is -2.12. The minimum absolute atomic E-state index is 0. The number of esters is 1. The topological polar surface area (TPSA) is 61.9 Å². The second-order valence-electron chi connectivity index (χ2n) is 7.32. The van der Waals surface area contributed by atoms with Crippen LogP contribution in [0.25, 0.3) is 0 Å². The van der Waals surface area contributed by atoms with Crippen LogP contribution >= 0.6 is 24.0 Å². The van der Waals surface area contributed by atoms with E-state index in [0.717, 1.165) is 37.3 Å². The molecular weight excluding hydrogens is 437 g/mol. The summed E-state index contributed by atoms with van der Waals surface area (Å²) < 4.78 is 5.00. The number of benzene rings is 2.